The Kier molecular flexibility index (Phi) is 9.58. The molecule has 0 aliphatic heterocycles. The van der Waals surface area contributed by atoms with Crippen LogP contribution in [0.5, 0.6) is 0 Å². The molecule has 0 aliphatic carbocycles. The average Bonchev–Trinajstić information content (AvgIpc) is 3.31. The lowest BCUT2D eigenvalue weighted by Gasteiger charge is -2.29. The molecule has 35 heavy (non-hydrogen) atoms. The number of carbonyl (C=O) groups excluding carboxylic acids is 1. The second-order valence-electron chi connectivity index (χ2n) is 11.0. The second-order valence-corrected chi connectivity index (χ2v) is 14.8. The molecule has 2 aromatic heterocycles. The van der Waals surface area contributed by atoms with E-state index in [1.165, 1.54) is 12.0 Å². The summed E-state index contributed by atoms with van der Waals surface area (Å²) in [5, 5.41) is 0.233. The third-order valence-corrected chi connectivity index (χ3v) is 8.47. The smallest absolute Gasteiger partial charge is 0.259 e. The Morgan fingerprint density at radius 3 is 2.46 bits per heavy atom. The number of benzene rings is 1. The van der Waals surface area contributed by atoms with E-state index in [1.54, 1.807) is 18.7 Å². The minimum atomic E-state index is -2.60. The Hall–Kier alpha value is -2.57. The summed E-state index contributed by atoms with van der Waals surface area (Å²) in [5.41, 5.74) is 2.98. The van der Waals surface area contributed by atoms with E-state index in [0.717, 1.165) is 43.4 Å². The van der Waals surface area contributed by atoms with Gasteiger partial charge in [0.05, 0.1) is 0 Å². The summed E-state index contributed by atoms with van der Waals surface area (Å²) in [5.74, 6) is 0.553. The average molecular weight is 493 g/mol. The number of aryl methyl sites for hydroxylation is 1. The molecule has 1 atom stereocenters. The van der Waals surface area contributed by atoms with Crippen molar-refractivity contribution < 1.29 is 13.6 Å². The predicted octanol–water partition coefficient (Wildman–Crippen LogP) is 7.74. The maximum Gasteiger partial charge on any atom is 0.259 e. The zero-order valence-corrected chi connectivity index (χ0v) is 22.9. The van der Waals surface area contributed by atoms with Crippen LogP contribution in [-0.2, 0) is 15.6 Å². The molecule has 6 heteroatoms. The minimum absolute atomic E-state index is 0.0601. The van der Waals surface area contributed by atoms with Crippen molar-refractivity contribution in [3.63, 3.8) is 0 Å². The molecule has 3 rings (SSSR count). The number of hydrogen-bond acceptors (Lipinski definition) is 5. The molecule has 1 aromatic carbocycles. The van der Waals surface area contributed by atoms with Gasteiger partial charge in [0.15, 0.2) is 0 Å². The monoisotopic (exact) mass is 492 g/mol. The Labute approximate surface area is 211 Å². The summed E-state index contributed by atoms with van der Waals surface area (Å²) in [7, 11) is -2.60. The van der Waals surface area contributed by atoms with E-state index in [1.807, 2.05) is 25.2 Å². The van der Waals surface area contributed by atoms with Gasteiger partial charge in [0.2, 0.25) is 5.89 Å². The third kappa shape index (κ3) is 8.86. The van der Waals surface area contributed by atoms with E-state index < -0.39 is 8.32 Å². The first kappa shape index (κ1) is 27.0. The SMILES string of the molecule is CC(C)(C)CC(=O)[Si](C)(C)OC(CCCCCCc1ccccc1)c1nc(-c2cccnc2)co1. The van der Waals surface area contributed by atoms with Gasteiger partial charge in [-0.2, -0.15) is 0 Å². The molecule has 0 bridgehead atoms. The van der Waals surface area contributed by atoms with Gasteiger partial charge in [-0.3, -0.25) is 4.98 Å². The largest absolute Gasteiger partial charge is 0.446 e. The zero-order chi connectivity index (χ0) is 25.3. The van der Waals surface area contributed by atoms with Crippen LogP contribution in [0.2, 0.25) is 13.1 Å². The number of oxazole rings is 1. The lowest BCUT2D eigenvalue weighted by molar-refractivity contribution is -0.115. The summed E-state index contributed by atoms with van der Waals surface area (Å²) >= 11 is 0. The van der Waals surface area contributed by atoms with Gasteiger partial charge >= 0.3 is 0 Å². The Balaban J connectivity index is 1.63. The van der Waals surface area contributed by atoms with Crippen molar-refractivity contribution in [3.8, 4) is 11.3 Å². The van der Waals surface area contributed by atoms with Gasteiger partial charge in [-0.15, -0.1) is 0 Å². The number of hydrogen-bond donors (Lipinski definition) is 0. The van der Waals surface area contributed by atoms with Crippen LogP contribution in [0.4, 0.5) is 0 Å². The minimum Gasteiger partial charge on any atom is -0.446 e. The topological polar surface area (TPSA) is 65.2 Å². The van der Waals surface area contributed by atoms with E-state index >= 15 is 0 Å². The van der Waals surface area contributed by atoms with Crippen LogP contribution < -0.4 is 0 Å². The lowest BCUT2D eigenvalue weighted by Crippen LogP contribution is -2.44. The number of pyridine rings is 1. The Bertz CT molecular complexity index is 1040. The van der Waals surface area contributed by atoms with Crippen molar-refractivity contribution >= 4 is 13.7 Å². The molecule has 0 radical (unpaired) electrons. The summed E-state index contributed by atoms with van der Waals surface area (Å²) in [6.45, 7) is 10.3. The van der Waals surface area contributed by atoms with Gasteiger partial charge < -0.3 is 13.6 Å². The number of aromatic nitrogens is 2. The number of carbonyl (C=O) groups is 1. The maximum atomic E-state index is 13.1. The molecule has 3 aromatic rings. The van der Waals surface area contributed by atoms with Crippen LogP contribution in [0, 0.1) is 5.41 Å². The van der Waals surface area contributed by atoms with Gasteiger partial charge in [0.25, 0.3) is 8.32 Å². The molecule has 0 aliphatic rings. The number of rotatable bonds is 13. The van der Waals surface area contributed by atoms with Crippen LogP contribution in [0.3, 0.4) is 0 Å². The second kappa shape index (κ2) is 12.4. The fraction of sp³-hybridized carbons (Fsp3) is 0.483. The summed E-state index contributed by atoms with van der Waals surface area (Å²) < 4.78 is 12.5. The molecule has 0 amide bonds. The highest BCUT2D eigenvalue weighted by atomic mass is 28.4. The molecule has 0 spiro atoms. The highest BCUT2D eigenvalue weighted by Crippen LogP contribution is 2.32. The summed E-state index contributed by atoms with van der Waals surface area (Å²) in [4.78, 5) is 22.0. The van der Waals surface area contributed by atoms with Gasteiger partial charge in [-0.25, -0.2) is 4.98 Å². The first-order chi connectivity index (χ1) is 16.6. The molecular weight excluding hydrogens is 452 g/mol. The van der Waals surface area contributed by atoms with Gasteiger partial charge in [0, 0.05) is 24.4 Å². The molecule has 2 heterocycles. The van der Waals surface area contributed by atoms with E-state index in [4.69, 9.17) is 13.8 Å². The van der Waals surface area contributed by atoms with Gasteiger partial charge in [-0.1, -0.05) is 70.4 Å². The van der Waals surface area contributed by atoms with Crippen LogP contribution in [0.15, 0.2) is 65.5 Å². The van der Waals surface area contributed by atoms with Crippen molar-refractivity contribution in [2.45, 2.75) is 84.9 Å². The van der Waals surface area contributed by atoms with Crippen molar-refractivity contribution in [2.75, 3.05) is 0 Å². The van der Waals surface area contributed by atoms with E-state index in [0.29, 0.717) is 12.3 Å². The number of unbranched alkanes of at least 4 members (excludes halogenated alkanes) is 3. The quantitative estimate of drug-likeness (QED) is 0.180. The summed E-state index contributed by atoms with van der Waals surface area (Å²) in [6, 6.07) is 14.5. The van der Waals surface area contributed by atoms with Crippen molar-refractivity contribution in [1.82, 2.24) is 9.97 Å². The first-order valence-corrected chi connectivity index (χ1v) is 15.7. The standard InChI is InChI=1S/C29H40N2O3Si/c1-29(2,3)20-27(32)35(4,5)34-26(18-12-7-6-9-14-23-15-10-8-11-16-23)28-31-25(22-33-28)24-17-13-19-30-21-24/h8,10-11,13,15-17,19,21-22,26H,6-7,9,12,14,18,20H2,1-5H3. The Morgan fingerprint density at radius 1 is 1.03 bits per heavy atom. The van der Waals surface area contributed by atoms with Crippen LogP contribution in [0.25, 0.3) is 11.3 Å². The van der Waals surface area contributed by atoms with E-state index in [2.05, 4.69) is 56.1 Å². The number of nitrogens with zero attached hydrogens (tertiary/aromatic N) is 2. The maximum absolute atomic E-state index is 13.1. The fourth-order valence-corrected chi connectivity index (χ4v) is 6.11. The van der Waals surface area contributed by atoms with Gasteiger partial charge in [0.1, 0.15) is 23.5 Å². The molecule has 188 valence electrons. The summed E-state index contributed by atoms with van der Waals surface area (Å²) in [6.07, 6.45) is 11.7. The molecule has 0 saturated carbocycles. The van der Waals surface area contributed by atoms with Crippen LogP contribution >= 0.6 is 0 Å². The van der Waals surface area contributed by atoms with Crippen molar-refractivity contribution in [1.29, 1.82) is 0 Å². The van der Waals surface area contributed by atoms with E-state index in [-0.39, 0.29) is 16.9 Å². The Morgan fingerprint density at radius 2 is 1.77 bits per heavy atom. The fourth-order valence-electron chi connectivity index (χ4n) is 4.09. The van der Waals surface area contributed by atoms with Crippen LogP contribution in [0.1, 0.15) is 76.9 Å². The van der Waals surface area contributed by atoms with Gasteiger partial charge in [-0.05, 0) is 55.5 Å². The highest BCUT2D eigenvalue weighted by molar-refractivity contribution is 6.99. The first-order valence-electron chi connectivity index (χ1n) is 12.7. The van der Waals surface area contributed by atoms with Crippen molar-refractivity contribution in [3.05, 3.63) is 72.6 Å². The molecular formula is C29H40N2O3Si. The third-order valence-electron chi connectivity index (χ3n) is 6.08. The molecule has 0 saturated heterocycles. The molecule has 5 nitrogen and oxygen atoms in total. The van der Waals surface area contributed by atoms with Crippen molar-refractivity contribution in [2.24, 2.45) is 5.41 Å². The molecule has 1 unspecified atom stereocenters. The normalized spacial score (nSPS) is 13.1. The van der Waals surface area contributed by atoms with E-state index in [9.17, 15) is 4.79 Å². The molecule has 0 N–H and O–H groups in total. The zero-order valence-electron chi connectivity index (χ0n) is 21.9. The molecule has 0 fully saturated rings. The highest BCUT2D eigenvalue weighted by Gasteiger charge is 2.38. The predicted molar refractivity (Wildman–Crippen MR) is 143 cm³/mol. The van der Waals surface area contributed by atoms with Crippen LogP contribution in [-0.4, -0.2) is 23.7 Å². The lowest BCUT2D eigenvalue weighted by atomic mass is 9.93.